The van der Waals surface area contributed by atoms with E-state index in [2.05, 4.69) is 9.97 Å². The van der Waals surface area contributed by atoms with Crippen LogP contribution in [0.2, 0.25) is 0 Å². The van der Waals surface area contributed by atoms with Crippen LogP contribution < -0.4 is 15.2 Å². The summed E-state index contributed by atoms with van der Waals surface area (Å²) in [5.41, 5.74) is -0.207. The lowest BCUT2D eigenvalue weighted by molar-refractivity contribution is -0.134. The van der Waals surface area contributed by atoms with Gasteiger partial charge in [0.25, 0.3) is 5.56 Å². The SMILES string of the molecule is CS(=O)(=O)c1ccc(-n2ccc(OC3CCN(c4ncc(CCC(F)(F)F)cn4)CC3)cc2=O)c(F)c1. The number of aromatic nitrogens is 3. The van der Waals surface area contributed by atoms with Gasteiger partial charge in [0.2, 0.25) is 5.95 Å². The predicted octanol–water partition coefficient (Wildman–Crippen LogP) is 3.71. The van der Waals surface area contributed by atoms with Gasteiger partial charge in [-0.2, -0.15) is 13.2 Å². The number of ether oxygens (including phenoxy) is 1. The van der Waals surface area contributed by atoms with E-state index in [9.17, 15) is 30.8 Å². The molecule has 13 heteroatoms. The first-order valence-electron chi connectivity index (χ1n) is 11.4. The van der Waals surface area contributed by atoms with Gasteiger partial charge in [-0.25, -0.2) is 22.8 Å². The van der Waals surface area contributed by atoms with Crippen molar-refractivity contribution in [1.29, 1.82) is 0 Å². The number of nitrogens with zero attached hydrogens (tertiary/aromatic N) is 4. The van der Waals surface area contributed by atoms with Crippen LogP contribution in [0.4, 0.5) is 23.5 Å². The van der Waals surface area contributed by atoms with Crippen molar-refractivity contribution in [1.82, 2.24) is 14.5 Å². The summed E-state index contributed by atoms with van der Waals surface area (Å²) in [6, 6.07) is 6.10. The second-order valence-corrected chi connectivity index (χ2v) is 10.8. The summed E-state index contributed by atoms with van der Waals surface area (Å²) in [4.78, 5) is 22.7. The third-order valence-corrected chi connectivity index (χ3v) is 7.02. The molecule has 0 saturated carbocycles. The van der Waals surface area contributed by atoms with Crippen LogP contribution in [-0.2, 0) is 16.3 Å². The van der Waals surface area contributed by atoms with E-state index in [1.807, 2.05) is 4.90 Å². The molecule has 3 aromatic rings. The Labute approximate surface area is 210 Å². The van der Waals surface area contributed by atoms with Crippen molar-refractivity contribution in [3.05, 3.63) is 70.7 Å². The molecule has 0 aliphatic carbocycles. The minimum Gasteiger partial charge on any atom is -0.490 e. The van der Waals surface area contributed by atoms with E-state index in [0.29, 0.717) is 43.2 Å². The Kier molecular flexibility index (Phi) is 7.53. The zero-order valence-corrected chi connectivity index (χ0v) is 20.6. The Hall–Kier alpha value is -3.48. The highest BCUT2D eigenvalue weighted by atomic mass is 32.2. The van der Waals surface area contributed by atoms with E-state index in [-0.39, 0.29) is 23.1 Å². The number of sulfone groups is 1. The maximum absolute atomic E-state index is 14.5. The van der Waals surface area contributed by atoms with E-state index in [0.717, 1.165) is 16.9 Å². The Bertz CT molecular complexity index is 1420. The summed E-state index contributed by atoms with van der Waals surface area (Å²) in [6.45, 7) is 1.11. The standard InChI is InChI=1S/C24H24F4N4O4S/c1-37(34,35)19-2-3-21(20(25)13-19)32-11-7-18(12-22(32)33)36-17-5-9-31(10-6-17)23-29-14-16(15-30-23)4-8-24(26,27)28/h2-3,7,11-15,17H,4-6,8-10H2,1H3. The quantitative estimate of drug-likeness (QED) is 0.422. The van der Waals surface area contributed by atoms with Gasteiger partial charge in [0.05, 0.1) is 10.6 Å². The summed E-state index contributed by atoms with van der Waals surface area (Å²) in [7, 11) is -3.58. The number of hydrogen-bond acceptors (Lipinski definition) is 7. The predicted molar refractivity (Wildman–Crippen MR) is 127 cm³/mol. The number of aryl methyl sites for hydroxylation is 1. The van der Waals surface area contributed by atoms with E-state index >= 15 is 0 Å². The molecule has 0 N–H and O–H groups in total. The van der Waals surface area contributed by atoms with E-state index in [4.69, 9.17) is 4.74 Å². The lowest BCUT2D eigenvalue weighted by Crippen LogP contribution is -2.39. The van der Waals surface area contributed by atoms with Crippen molar-refractivity contribution in [2.75, 3.05) is 24.2 Å². The number of pyridine rings is 1. The second-order valence-electron chi connectivity index (χ2n) is 8.77. The Morgan fingerprint density at radius 2 is 1.76 bits per heavy atom. The molecule has 1 saturated heterocycles. The molecule has 0 bridgehead atoms. The lowest BCUT2D eigenvalue weighted by Gasteiger charge is -2.32. The van der Waals surface area contributed by atoms with Crippen LogP contribution in [0.15, 0.2) is 58.6 Å². The number of halogens is 4. The molecule has 3 heterocycles. The molecule has 198 valence electrons. The van der Waals surface area contributed by atoms with Crippen molar-refractivity contribution in [2.45, 2.75) is 42.9 Å². The normalized spacial score (nSPS) is 15.1. The Balaban J connectivity index is 1.35. The molecule has 0 radical (unpaired) electrons. The molecule has 1 aliphatic heterocycles. The molecule has 1 aromatic carbocycles. The Morgan fingerprint density at radius 3 is 2.32 bits per heavy atom. The summed E-state index contributed by atoms with van der Waals surface area (Å²) in [6.07, 6.45) is 0.831. The van der Waals surface area contributed by atoms with Crippen molar-refractivity contribution >= 4 is 15.8 Å². The van der Waals surface area contributed by atoms with Gasteiger partial charge in [-0.05, 0) is 36.2 Å². The first kappa shape index (κ1) is 26.6. The smallest absolute Gasteiger partial charge is 0.389 e. The molecule has 0 atom stereocenters. The minimum atomic E-state index is -4.23. The van der Waals surface area contributed by atoms with Crippen molar-refractivity contribution < 1.29 is 30.7 Å². The zero-order valence-electron chi connectivity index (χ0n) is 19.8. The first-order chi connectivity index (χ1) is 17.4. The summed E-state index contributed by atoms with van der Waals surface area (Å²) in [5.74, 6) is -0.0967. The molecule has 8 nitrogen and oxygen atoms in total. The molecule has 0 unspecified atom stereocenters. The van der Waals surface area contributed by atoms with E-state index in [1.165, 1.54) is 42.9 Å². The monoisotopic (exact) mass is 540 g/mol. The average Bonchev–Trinajstić information content (AvgIpc) is 2.83. The Morgan fingerprint density at radius 1 is 1.08 bits per heavy atom. The zero-order chi connectivity index (χ0) is 26.8. The lowest BCUT2D eigenvalue weighted by atomic mass is 10.1. The molecule has 37 heavy (non-hydrogen) atoms. The molecule has 2 aromatic heterocycles. The number of rotatable bonds is 7. The third kappa shape index (κ3) is 6.85. The molecule has 1 fully saturated rings. The second kappa shape index (κ2) is 10.5. The summed E-state index contributed by atoms with van der Waals surface area (Å²) in [5, 5.41) is 0. The molecule has 1 aliphatic rings. The number of anilines is 1. The van der Waals surface area contributed by atoms with Gasteiger partial charge in [-0.1, -0.05) is 0 Å². The number of piperidine rings is 1. The third-order valence-electron chi connectivity index (χ3n) is 5.91. The van der Waals surface area contributed by atoms with Crippen LogP contribution in [0.25, 0.3) is 5.69 Å². The van der Waals surface area contributed by atoms with Gasteiger partial charge >= 0.3 is 6.18 Å². The fourth-order valence-corrected chi connectivity index (χ4v) is 4.57. The van der Waals surface area contributed by atoms with Gasteiger partial charge < -0.3 is 9.64 Å². The fourth-order valence-electron chi connectivity index (χ4n) is 3.94. The minimum absolute atomic E-state index is 0.0818. The molecule has 0 amide bonds. The molecular formula is C24H24F4N4O4S. The largest absolute Gasteiger partial charge is 0.490 e. The van der Waals surface area contributed by atoms with Crippen LogP contribution in [0, 0.1) is 5.82 Å². The molecule has 4 rings (SSSR count). The van der Waals surface area contributed by atoms with Crippen LogP contribution >= 0.6 is 0 Å². The van der Waals surface area contributed by atoms with E-state index < -0.39 is 33.8 Å². The average molecular weight is 541 g/mol. The highest BCUT2D eigenvalue weighted by Gasteiger charge is 2.27. The summed E-state index contributed by atoms with van der Waals surface area (Å²) < 4.78 is 81.8. The van der Waals surface area contributed by atoms with Gasteiger partial charge in [0.1, 0.15) is 17.7 Å². The maximum atomic E-state index is 14.5. The van der Waals surface area contributed by atoms with Gasteiger partial charge in [0, 0.05) is 63.3 Å². The van der Waals surface area contributed by atoms with Crippen molar-refractivity contribution in [3.63, 3.8) is 0 Å². The molecule has 0 spiro atoms. The first-order valence-corrected chi connectivity index (χ1v) is 13.3. The van der Waals surface area contributed by atoms with Crippen LogP contribution in [0.5, 0.6) is 5.75 Å². The van der Waals surface area contributed by atoms with Crippen molar-refractivity contribution in [3.8, 4) is 11.4 Å². The number of benzene rings is 1. The van der Waals surface area contributed by atoms with Gasteiger partial charge in [-0.15, -0.1) is 0 Å². The van der Waals surface area contributed by atoms with Crippen LogP contribution in [0.3, 0.4) is 0 Å². The highest BCUT2D eigenvalue weighted by Crippen LogP contribution is 2.24. The summed E-state index contributed by atoms with van der Waals surface area (Å²) >= 11 is 0. The highest BCUT2D eigenvalue weighted by molar-refractivity contribution is 7.90. The van der Waals surface area contributed by atoms with Gasteiger partial charge in [-0.3, -0.25) is 9.36 Å². The van der Waals surface area contributed by atoms with Crippen LogP contribution in [-0.4, -0.2) is 54.6 Å². The fraction of sp³-hybridized carbons (Fsp3) is 0.375. The van der Waals surface area contributed by atoms with Crippen molar-refractivity contribution in [2.24, 2.45) is 0 Å². The topological polar surface area (TPSA) is 94.4 Å². The molecular weight excluding hydrogens is 516 g/mol. The van der Waals surface area contributed by atoms with Gasteiger partial charge in [0.15, 0.2) is 9.84 Å². The number of hydrogen-bond donors (Lipinski definition) is 0. The number of alkyl halides is 3. The van der Waals surface area contributed by atoms with Crippen LogP contribution in [0.1, 0.15) is 24.8 Å². The van der Waals surface area contributed by atoms with E-state index in [1.54, 1.807) is 0 Å². The maximum Gasteiger partial charge on any atom is 0.389 e.